The molecule has 1 amide bonds. The highest BCUT2D eigenvalue weighted by Gasteiger charge is 2.22. The van der Waals surface area contributed by atoms with Crippen LogP contribution in [0.5, 0.6) is 0 Å². The molecule has 2 atom stereocenters. The van der Waals surface area contributed by atoms with Crippen LogP contribution in [0.3, 0.4) is 0 Å². The molecule has 0 bridgehead atoms. The first-order valence-corrected chi connectivity index (χ1v) is 5.48. The van der Waals surface area contributed by atoms with E-state index in [0.29, 0.717) is 6.42 Å². The molecular formula is C12H16N2O4. The number of carboxylic acid groups (broad SMARTS) is 1. The molecule has 1 rings (SSSR count). The predicted molar refractivity (Wildman–Crippen MR) is 64.8 cm³/mol. The Hall–Kier alpha value is -1.92. The summed E-state index contributed by atoms with van der Waals surface area (Å²) in [6.45, 7) is -0.668. The van der Waals surface area contributed by atoms with E-state index in [0.717, 1.165) is 5.56 Å². The number of carbonyl (C=O) groups is 2. The molecule has 18 heavy (non-hydrogen) atoms. The zero-order chi connectivity index (χ0) is 13.5. The third kappa shape index (κ3) is 4.15. The summed E-state index contributed by atoms with van der Waals surface area (Å²) in [5, 5.41) is 19.6. The van der Waals surface area contributed by atoms with Gasteiger partial charge in [0, 0.05) is 0 Å². The Morgan fingerprint density at radius 3 is 2.39 bits per heavy atom. The molecular weight excluding hydrogens is 236 g/mol. The van der Waals surface area contributed by atoms with Crippen LogP contribution >= 0.6 is 0 Å². The van der Waals surface area contributed by atoms with Crippen molar-refractivity contribution in [3.63, 3.8) is 0 Å². The van der Waals surface area contributed by atoms with E-state index in [1.807, 2.05) is 30.3 Å². The van der Waals surface area contributed by atoms with Gasteiger partial charge in [0.2, 0.25) is 5.91 Å². The van der Waals surface area contributed by atoms with Gasteiger partial charge in [-0.3, -0.25) is 4.79 Å². The molecule has 0 heterocycles. The van der Waals surface area contributed by atoms with Gasteiger partial charge in [-0.1, -0.05) is 30.3 Å². The Labute approximate surface area is 104 Å². The lowest BCUT2D eigenvalue weighted by atomic mass is 10.1. The lowest BCUT2D eigenvalue weighted by Crippen LogP contribution is -2.50. The second-order valence-corrected chi connectivity index (χ2v) is 3.88. The molecule has 0 fully saturated rings. The smallest absolute Gasteiger partial charge is 0.328 e. The quantitative estimate of drug-likeness (QED) is 0.525. The van der Waals surface area contributed by atoms with Gasteiger partial charge in [-0.2, -0.15) is 0 Å². The zero-order valence-electron chi connectivity index (χ0n) is 9.74. The molecule has 1 aromatic rings. The standard InChI is InChI=1S/C12H16N2O4/c13-9(6-8-4-2-1-3-5-8)11(16)14-10(7-15)12(17)18/h1-5,9-10,15H,6-7,13H2,(H,14,16)(H,17,18)/t9-,10?/m0/s1. The second-order valence-electron chi connectivity index (χ2n) is 3.88. The summed E-state index contributed by atoms with van der Waals surface area (Å²) in [6, 6.07) is 6.99. The first kappa shape index (κ1) is 14.1. The summed E-state index contributed by atoms with van der Waals surface area (Å²) in [4.78, 5) is 22.2. The molecule has 0 aliphatic heterocycles. The average Bonchev–Trinajstić information content (AvgIpc) is 2.36. The maximum absolute atomic E-state index is 11.6. The van der Waals surface area contributed by atoms with E-state index in [2.05, 4.69) is 5.32 Å². The molecule has 0 aliphatic rings. The fourth-order valence-corrected chi connectivity index (χ4v) is 1.42. The van der Waals surface area contributed by atoms with E-state index >= 15 is 0 Å². The first-order valence-electron chi connectivity index (χ1n) is 5.48. The summed E-state index contributed by atoms with van der Waals surface area (Å²) in [5.41, 5.74) is 6.55. The van der Waals surface area contributed by atoms with Crippen LogP contribution in [0.2, 0.25) is 0 Å². The van der Waals surface area contributed by atoms with Gasteiger partial charge < -0.3 is 21.3 Å². The zero-order valence-corrected chi connectivity index (χ0v) is 9.74. The molecule has 0 aromatic heterocycles. The van der Waals surface area contributed by atoms with E-state index in [1.54, 1.807) is 0 Å². The molecule has 0 saturated carbocycles. The molecule has 6 nitrogen and oxygen atoms in total. The normalized spacial score (nSPS) is 13.7. The Kier molecular flexibility index (Phi) is 5.29. The van der Waals surface area contributed by atoms with Crippen molar-refractivity contribution >= 4 is 11.9 Å². The van der Waals surface area contributed by atoms with E-state index < -0.39 is 30.6 Å². The van der Waals surface area contributed by atoms with Crippen LogP contribution in [0.1, 0.15) is 5.56 Å². The van der Waals surface area contributed by atoms with E-state index in [9.17, 15) is 9.59 Å². The molecule has 0 radical (unpaired) electrons. The number of rotatable bonds is 6. The summed E-state index contributed by atoms with van der Waals surface area (Å²) in [5.74, 6) is -1.89. The van der Waals surface area contributed by atoms with E-state index in [4.69, 9.17) is 15.9 Å². The van der Waals surface area contributed by atoms with Crippen LogP contribution in [0, 0.1) is 0 Å². The SMILES string of the molecule is N[C@@H](Cc1ccccc1)C(=O)NC(CO)C(=O)O. The van der Waals surface area contributed by atoms with Gasteiger partial charge in [0.15, 0.2) is 0 Å². The summed E-state index contributed by atoms with van der Waals surface area (Å²) in [7, 11) is 0. The van der Waals surface area contributed by atoms with Gasteiger partial charge in [0.25, 0.3) is 0 Å². The number of carboxylic acids is 1. The van der Waals surface area contributed by atoms with Crippen LogP contribution in [0.4, 0.5) is 0 Å². The predicted octanol–water partition coefficient (Wildman–Crippen LogP) is -0.882. The monoisotopic (exact) mass is 252 g/mol. The molecule has 0 spiro atoms. The largest absolute Gasteiger partial charge is 0.480 e. The maximum atomic E-state index is 11.6. The molecule has 0 aliphatic carbocycles. The number of nitrogens with one attached hydrogen (secondary N) is 1. The fraction of sp³-hybridized carbons (Fsp3) is 0.333. The van der Waals surface area contributed by atoms with Crippen molar-refractivity contribution in [1.82, 2.24) is 5.32 Å². The van der Waals surface area contributed by atoms with E-state index in [-0.39, 0.29) is 0 Å². The first-order chi connectivity index (χ1) is 8.54. The van der Waals surface area contributed by atoms with Gasteiger partial charge in [0.05, 0.1) is 12.6 Å². The number of aliphatic carboxylic acids is 1. The summed E-state index contributed by atoms with van der Waals surface area (Å²) >= 11 is 0. The minimum atomic E-state index is -1.32. The number of nitrogens with two attached hydrogens (primary N) is 1. The fourth-order valence-electron chi connectivity index (χ4n) is 1.42. The summed E-state index contributed by atoms with van der Waals surface area (Å²) < 4.78 is 0. The molecule has 0 saturated heterocycles. The van der Waals surface area contributed by atoms with Crippen LogP contribution in [-0.4, -0.2) is 40.8 Å². The Morgan fingerprint density at radius 1 is 1.28 bits per heavy atom. The van der Waals surface area contributed by atoms with Crippen LogP contribution in [0.25, 0.3) is 0 Å². The number of aliphatic hydroxyl groups is 1. The molecule has 1 aromatic carbocycles. The lowest BCUT2D eigenvalue weighted by Gasteiger charge is -2.16. The van der Waals surface area contributed by atoms with Crippen LogP contribution < -0.4 is 11.1 Å². The minimum Gasteiger partial charge on any atom is -0.480 e. The summed E-state index contributed by atoms with van der Waals surface area (Å²) in [6.07, 6.45) is 0.310. The number of amides is 1. The Morgan fingerprint density at radius 2 is 1.89 bits per heavy atom. The van der Waals surface area contributed by atoms with Gasteiger partial charge in [-0.05, 0) is 12.0 Å². The number of aliphatic hydroxyl groups excluding tert-OH is 1. The highest BCUT2D eigenvalue weighted by Crippen LogP contribution is 2.02. The van der Waals surface area contributed by atoms with Crippen molar-refractivity contribution in [1.29, 1.82) is 0 Å². The van der Waals surface area contributed by atoms with Crippen molar-refractivity contribution in [2.45, 2.75) is 18.5 Å². The van der Waals surface area contributed by atoms with Crippen molar-refractivity contribution < 1.29 is 19.8 Å². The highest BCUT2D eigenvalue weighted by atomic mass is 16.4. The van der Waals surface area contributed by atoms with Crippen LogP contribution in [-0.2, 0) is 16.0 Å². The topological polar surface area (TPSA) is 113 Å². The lowest BCUT2D eigenvalue weighted by molar-refractivity contribution is -0.143. The Balaban J connectivity index is 2.54. The molecule has 5 N–H and O–H groups in total. The van der Waals surface area contributed by atoms with Crippen molar-refractivity contribution in [2.24, 2.45) is 5.73 Å². The maximum Gasteiger partial charge on any atom is 0.328 e. The van der Waals surface area contributed by atoms with Gasteiger partial charge >= 0.3 is 5.97 Å². The second kappa shape index (κ2) is 6.73. The molecule has 6 heteroatoms. The minimum absolute atomic E-state index is 0.310. The Bertz CT molecular complexity index is 408. The number of hydrogen-bond acceptors (Lipinski definition) is 4. The van der Waals surface area contributed by atoms with E-state index in [1.165, 1.54) is 0 Å². The molecule has 98 valence electrons. The third-order valence-electron chi connectivity index (χ3n) is 2.43. The van der Waals surface area contributed by atoms with Gasteiger partial charge in [-0.25, -0.2) is 4.79 Å². The van der Waals surface area contributed by atoms with Crippen molar-refractivity contribution in [3.8, 4) is 0 Å². The van der Waals surface area contributed by atoms with Gasteiger partial charge in [-0.15, -0.1) is 0 Å². The number of hydrogen-bond donors (Lipinski definition) is 4. The number of benzene rings is 1. The van der Waals surface area contributed by atoms with Gasteiger partial charge in [0.1, 0.15) is 6.04 Å². The average molecular weight is 252 g/mol. The third-order valence-corrected chi connectivity index (χ3v) is 2.43. The van der Waals surface area contributed by atoms with Crippen molar-refractivity contribution in [3.05, 3.63) is 35.9 Å². The van der Waals surface area contributed by atoms with Crippen molar-refractivity contribution in [2.75, 3.05) is 6.61 Å². The number of carbonyl (C=O) groups excluding carboxylic acids is 1. The molecule has 1 unspecified atom stereocenters. The van der Waals surface area contributed by atoms with Crippen LogP contribution in [0.15, 0.2) is 30.3 Å². The highest BCUT2D eigenvalue weighted by molar-refractivity contribution is 5.87.